The number of halogens is 1. The van der Waals surface area contributed by atoms with Crippen LogP contribution in [0, 0.1) is 0 Å². The number of hydrogen-bond donors (Lipinski definition) is 0. The minimum absolute atomic E-state index is 0.181. The van der Waals surface area contributed by atoms with Crippen LogP contribution >= 0.6 is 11.6 Å². The Morgan fingerprint density at radius 1 is 0.719 bits per heavy atom. The summed E-state index contributed by atoms with van der Waals surface area (Å²) in [5.41, 5.74) is 0. The fraction of sp³-hybridized carbons (Fsp3) is 0.704. The van der Waals surface area contributed by atoms with Gasteiger partial charge in [-0.3, -0.25) is 9.59 Å². The summed E-state index contributed by atoms with van der Waals surface area (Å²) < 4.78 is 10.4. The van der Waals surface area contributed by atoms with Crippen LogP contribution in [0.1, 0.15) is 116 Å². The molecule has 0 N–H and O–H groups in total. The van der Waals surface area contributed by atoms with Crippen molar-refractivity contribution >= 4 is 23.5 Å². The molecule has 0 aromatic heterocycles. The Hall–Kier alpha value is -1.55. The quantitative estimate of drug-likeness (QED) is 0.110. The van der Waals surface area contributed by atoms with Gasteiger partial charge in [0, 0.05) is 17.9 Å². The molecule has 0 atom stereocenters. The van der Waals surface area contributed by atoms with Crippen LogP contribution in [-0.4, -0.2) is 18.5 Å². The van der Waals surface area contributed by atoms with E-state index in [1.54, 1.807) is 24.3 Å². The molecule has 0 saturated heterocycles. The molecule has 0 saturated carbocycles. The highest BCUT2D eigenvalue weighted by Crippen LogP contribution is 2.18. The van der Waals surface area contributed by atoms with Crippen molar-refractivity contribution in [3.05, 3.63) is 29.3 Å². The SMILES string of the molecule is CCCCCCCCCCCCCCCCOC(=O)CCCC(=O)Oc1cccc(Cl)c1. The van der Waals surface area contributed by atoms with Gasteiger partial charge in [-0.2, -0.15) is 0 Å². The number of benzene rings is 1. The average Bonchev–Trinajstić information content (AvgIpc) is 2.76. The second-order valence-electron chi connectivity index (χ2n) is 8.60. The maximum absolute atomic E-state index is 11.8. The Balaban J connectivity index is 1.84. The molecular weight excluding hydrogens is 424 g/mol. The first-order valence-electron chi connectivity index (χ1n) is 12.7. The van der Waals surface area contributed by atoms with Crippen molar-refractivity contribution in [3.63, 3.8) is 0 Å². The van der Waals surface area contributed by atoms with Crippen molar-refractivity contribution in [2.45, 2.75) is 116 Å². The molecule has 0 aliphatic carbocycles. The molecule has 0 unspecified atom stereocenters. The predicted molar refractivity (Wildman–Crippen MR) is 132 cm³/mol. The Morgan fingerprint density at radius 2 is 1.25 bits per heavy atom. The van der Waals surface area contributed by atoms with E-state index >= 15 is 0 Å². The third-order valence-corrected chi connectivity index (χ3v) is 5.79. The first kappa shape index (κ1) is 28.5. The van der Waals surface area contributed by atoms with Gasteiger partial charge in [-0.1, -0.05) is 108 Å². The summed E-state index contributed by atoms with van der Waals surface area (Å²) in [4.78, 5) is 23.6. The molecule has 1 aromatic carbocycles. The molecule has 0 aliphatic rings. The number of carbonyl (C=O) groups is 2. The minimum atomic E-state index is -0.368. The van der Waals surface area contributed by atoms with Gasteiger partial charge in [0.2, 0.25) is 0 Å². The lowest BCUT2D eigenvalue weighted by atomic mass is 10.0. The van der Waals surface area contributed by atoms with Gasteiger partial charge in [-0.15, -0.1) is 0 Å². The monoisotopic (exact) mass is 466 g/mol. The number of esters is 2. The van der Waals surface area contributed by atoms with E-state index in [0.717, 1.165) is 12.8 Å². The van der Waals surface area contributed by atoms with Crippen molar-refractivity contribution in [2.75, 3.05) is 6.61 Å². The summed E-state index contributed by atoms with van der Waals surface area (Å²) in [6.45, 7) is 2.74. The molecular formula is C27H43ClO4. The van der Waals surface area contributed by atoms with Gasteiger partial charge in [-0.05, 0) is 31.0 Å². The van der Waals surface area contributed by atoms with Crippen molar-refractivity contribution in [1.82, 2.24) is 0 Å². The van der Waals surface area contributed by atoms with Gasteiger partial charge < -0.3 is 9.47 Å². The summed E-state index contributed by atoms with van der Waals surface area (Å²) in [5.74, 6) is -0.190. The van der Waals surface area contributed by atoms with Crippen molar-refractivity contribution in [1.29, 1.82) is 0 Å². The van der Waals surface area contributed by atoms with Crippen molar-refractivity contribution < 1.29 is 19.1 Å². The molecule has 32 heavy (non-hydrogen) atoms. The highest BCUT2D eigenvalue weighted by atomic mass is 35.5. The van der Waals surface area contributed by atoms with Gasteiger partial charge in [0.1, 0.15) is 5.75 Å². The highest BCUT2D eigenvalue weighted by Gasteiger charge is 2.08. The number of rotatable bonds is 20. The van der Waals surface area contributed by atoms with E-state index in [1.807, 2.05) is 0 Å². The Kier molecular flexibility index (Phi) is 17.9. The smallest absolute Gasteiger partial charge is 0.311 e. The molecule has 0 spiro atoms. The Bertz CT molecular complexity index is 617. The van der Waals surface area contributed by atoms with Crippen molar-refractivity contribution in [2.24, 2.45) is 0 Å². The van der Waals surface area contributed by atoms with Crippen LogP contribution in [-0.2, 0) is 14.3 Å². The van der Waals surface area contributed by atoms with Gasteiger partial charge in [-0.25, -0.2) is 0 Å². The molecule has 0 fully saturated rings. The van der Waals surface area contributed by atoms with Crippen LogP contribution in [0.15, 0.2) is 24.3 Å². The minimum Gasteiger partial charge on any atom is -0.466 e. The van der Waals surface area contributed by atoms with Crippen LogP contribution in [0.3, 0.4) is 0 Å². The molecule has 4 nitrogen and oxygen atoms in total. The van der Waals surface area contributed by atoms with Crippen LogP contribution in [0.25, 0.3) is 0 Å². The van der Waals surface area contributed by atoms with Gasteiger partial charge in [0.25, 0.3) is 0 Å². The average molecular weight is 467 g/mol. The largest absolute Gasteiger partial charge is 0.466 e. The standard InChI is InChI=1S/C27H43ClO4/c1-2-3-4-5-6-7-8-9-10-11-12-13-14-15-22-31-26(29)20-17-21-27(30)32-25-19-16-18-24(28)23-25/h16,18-19,23H,2-15,17,20-22H2,1H3. The summed E-state index contributed by atoms with van der Waals surface area (Å²) in [5, 5.41) is 0.516. The number of hydrogen-bond acceptors (Lipinski definition) is 4. The topological polar surface area (TPSA) is 52.6 Å². The summed E-state index contributed by atoms with van der Waals surface area (Å²) in [6, 6.07) is 6.70. The highest BCUT2D eigenvalue weighted by molar-refractivity contribution is 6.30. The predicted octanol–water partition coefficient (Wildman–Crippen LogP) is 8.44. The lowest BCUT2D eigenvalue weighted by molar-refractivity contribution is -0.144. The molecule has 0 bridgehead atoms. The van der Waals surface area contributed by atoms with E-state index in [0.29, 0.717) is 23.8 Å². The molecule has 1 aromatic rings. The molecule has 182 valence electrons. The number of unbranched alkanes of at least 4 members (excludes halogenated alkanes) is 13. The van der Waals surface area contributed by atoms with E-state index in [9.17, 15) is 9.59 Å². The molecule has 0 heterocycles. The summed E-state index contributed by atoms with van der Waals surface area (Å²) in [7, 11) is 0. The molecule has 5 heteroatoms. The molecule has 0 radical (unpaired) electrons. The van der Waals surface area contributed by atoms with Crippen LogP contribution in [0.5, 0.6) is 5.75 Å². The summed E-state index contributed by atoms with van der Waals surface area (Å²) >= 11 is 5.86. The Labute approximate surface area is 200 Å². The zero-order valence-electron chi connectivity index (χ0n) is 20.0. The number of carbonyl (C=O) groups excluding carboxylic acids is 2. The fourth-order valence-electron chi connectivity index (χ4n) is 3.64. The first-order chi connectivity index (χ1) is 15.6. The second kappa shape index (κ2) is 20.1. The first-order valence-corrected chi connectivity index (χ1v) is 13.1. The maximum Gasteiger partial charge on any atom is 0.311 e. The zero-order valence-corrected chi connectivity index (χ0v) is 20.8. The second-order valence-corrected chi connectivity index (χ2v) is 9.04. The van der Waals surface area contributed by atoms with E-state index in [4.69, 9.17) is 21.1 Å². The normalized spacial score (nSPS) is 10.8. The number of ether oxygens (including phenoxy) is 2. The van der Waals surface area contributed by atoms with E-state index in [1.165, 1.54) is 77.0 Å². The van der Waals surface area contributed by atoms with E-state index in [2.05, 4.69) is 6.92 Å². The molecule has 1 rings (SSSR count). The molecule has 0 aliphatic heterocycles. The van der Waals surface area contributed by atoms with E-state index in [-0.39, 0.29) is 24.8 Å². The zero-order chi connectivity index (χ0) is 23.3. The molecule has 0 amide bonds. The van der Waals surface area contributed by atoms with E-state index < -0.39 is 0 Å². The van der Waals surface area contributed by atoms with Crippen LogP contribution in [0.4, 0.5) is 0 Å². The fourth-order valence-corrected chi connectivity index (χ4v) is 3.83. The van der Waals surface area contributed by atoms with Crippen LogP contribution < -0.4 is 4.74 Å². The lowest BCUT2D eigenvalue weighted by Crippen LogP contribution is -2.10. The van der Waals surface area contributed by atoms with Crippen LogP contribution in [0.2, 0.25) is 5.02 Å². The maximum atomic E-state index is 11.8. The van der Waals surface area contributed by atoms with Crippen molar-refractivity contribution in [3.8, 4) is 5.75 Å². The lowest BCUT2D eigenvalue weighted by Gasteiger charge is -2.06. The van der Waals surface area contributed by atoms with Gasteiger partial charge in [0.05, 0.1) is 6.61 Å². The Morgan fingerprint density at radius 3 is 1.81 bits per heavy atom. The van der Waals surface area contributed by atoms with Gasteiger partial charge >= 0.3 is 11.9 Å². The third-order valence-electron chi connectivity index (χ3n) is 5.55. The summed E-state index contributed by atoms with van der Waals surface area (Å²) in [6.07, 6.45) is 19.1. The third kappa shape index (κ3) is 17.1. The van der Waals surface area contributed by atoms with Gasteiger partial charge in [0.15, 0.2) is 0 Å².